The average molecular weight is 292 g/mol. The van der Waals surface area contributed by atoms with Gasteiger partial charge in [-0.05, 0) is 18.2 Å². The minimum absolute atomic E-state index is 0.00201. The molecule has 0 heterocycles. The number of benzene rings is 1. The lowest BCUT2D eigenvalue weighted by molar-refractivity contribution is -0.137. The highest BCUT2D eigenvalue weighted by atomic mass is 32.2. The first-order chi connectivity index (χ1) is 8.63. The van der Waals surface area contributed by atoms with E-state index < -0.39 is 27.1 Å². The Labute approximate surface area is 108 Å². The first kappa shape index (κ1) is 15.3. The van der Waals surface area contributed by atoms with Crippen molar-refractivity contribution in [3.05, 3.63) is 29.3 Å². The Bertz CT molecular complexity index is 603. The van der Waals surface area contributed by atoms with E-state index in [4.69, 9.17) is 5.26 Å². The van der Waals surface area contributed by atoms with Crippen LogP contribution in [0, 0.1) is 11.3 Å². The van der Waals surface area contributed by atoms with Crippen molar-refractivity contribution in [3.8, 4) is 6.07 Å². The SMILES string of the molecule is CS(=O)(=O)CCNc1ccc(C#N)c(C(F)(F)F)c1. The van der Waals surface area contributed by atoms with Gasteiger partial charge in [0.05, 0.1) is 22.9 Å². The van der Waals surface area contributed by atoms with Crippen molar-refractivity contribution in [3.63, 3.8) is 0 Å². The third-order valence-corrected chi connectivity index (χ3v) is 3.19. The van der Waals surface area contributed by atoms with Gasteiger partial charge in [-0.25, -0.2) is 8.42 Å². The van der Waals surface area contributed by atoms with Crippen molar-refractivity contribution in [1.29, 1.82) is 5.26 Å². The Kier molecular flexibility index (Phi) is 4.42. The van der Waals surface area contributed by atoms with Gasteiger partial charge in [-0.3, -0.25) is 0 Å². The topological polar surface area (TPSA) is 70.0 Å². The molecule has 0 aliphatic rings. The summed E-state index contributed by atoms with van der Waals surface area (Å²) in [5.74, 6) is -0.186. The van der Waals surface area contributed by atoms with Gasteiger partial charge in [0.25, 0.3) is 0 Å². The second-order valence-electron chi connectivity index (χ2n) is 3.93. The van der Waals surface area contributed by atoms with E-state index in [1.165, 1.54) is 12.1 Å². The molecule has 0 radical (unpaired) electrons. The van der Waals surface area contributed by atoms with Crippen LogP contribution in [0.3, 0.4) is 0 Å². The Hall–Kier alpha value is -1.75. The molecule has 0 saturated heterocycles. The number of nitriles is 1. The van der Waals surface area contributed by atoms with Crippen molar-refractivity contribution in [1.82, 2.24) is 0 Å². The number of sulfone groups is 1. The normalized spacial score (nSPS) is 11.9. The molecule has 0 unspecified atom stereocenters. The third kappa shape index (κ3) is 4.79. The Morgan fingerprint density at radius 2 is 2.00 bits per heavy atom. The maximum Gasteiger partial charge on any atom is 0.417 e. The van der Waals surface area contributed by atoms with Crippen molar-refractivity contribution in [2.24, 2.45) is 0 Å². The fraction of sp³-hybridized carbons (Fsp3) is 0.364. The monoisotopic (exact) mass is 292 g/mol. The van der Waals surface area contributed by atoms with E-state index in [2.05, 4.69) is 5.32 Å². The van der Waals surface area contributed by atoms with Gasteiger partial charge in [-0.1, -0.05) is 0 Å². The molecular weight excluding hydrogens is 281 g/mol. The van der Waals surface area contributed by atoms with Crippen LogP contribution < -0.4 is 5.32 Å². The van der Waals surface area contributed by atoms with Crippen LogP contribution in [-0.2, 0) is 16.0 Å². The summed E-state index contributed by atoms with van der Waals surface area (Å²) in [6.07, 6.45) is -3.59. The summed E-state index contributed by atoms with van der Waals surface area (Å²) >= 11 is 0. The van der Waals surface area contributed by atoms with Crippen LogP contribution in [0.25, 0.3) is 0 Å². The number of nitrogens with one attached hydrogen (secondary N) is 1. The molecular formula is C11H11F3N2O2S. The molecule has 1 rings (SSSR count). The zero-order chi connectivity index (χ0) is 14.7. The molecule has 0 aliphatic heterocycles. The Morgan fingerprint density at radius 1 is 1.37 bits per heavy atom. The number of hydrogen-bond donors (Lipinski definition) is 1. The molecule has 19 heavy (non-hydrogen) atoms. The van der Waals surface area contributed by atoms with Gasteiger partial charge in [-0.2, -0.15) is 18.4 Å². The minimum atomic E-state index is -4.63. The predicted molar refractivity (Wildman–Crippen MR) is 64.4 cm³/mol. The number of hydrogen-bond acceptors (Lipinski definition) is 4. The zero-order valence-corrected chi connectivity index (χ0v) is 10.8. The van der Waals surface area contributed by atoms with E-state index in [1.54, 1.807) is 0 Å². The quantitative estimate of drug-likeness (QED) is 0.922. The van der Waals surface area contributed by atoms with Gasteiger partial charge in [0.15, 0.2) is 0 Å². The molecule has 1 N–H and O–H groups in total. The second kappa shape index (κ2) is 5.48. The molecule has 0 spiro atoms. The minimum Gasteiger partial charge on any atom is -0.384 e. The van der Waals surface area contributed by atoms with Crippen LogP contribution in [0.15, 0.2) is 18.2 Å². The summed E-state index contributed by atoms with van der Waals surface area (Å²) in [6, 6.07) is 4.61. The van der Waals surface area contributed by atoms with Crippen molar-refractivity contribution in [2.45, 2.75) is 6.18 Å². The van der Waals surface area contributed by atoms with E-state index in [0.29, 0.717) is 0 Å². The maximum atomic E-state index is 12.7. The summed E-state index contributed by atoms with van der Waals surface area (Å²) in [5, 5.41) is 11.2. The van der Waals surface area contributed by atoms with Crippen LogP contribution in [0.5, 0.6) is 0 Å². The molecule has 0 aromatic heterocycles. The van der Waals surface area contributed by atoms with E-state index in [0.717, 1.165) is 18.4 Å². The van der Waals surface area contributed by atoms with Crippen LogP contribution in [0.1, 0.15) is 11.1 Å². The summed E-state index contributed by atoms with van der Waals surface area (Å²) in [6.45, 7) is 0.00201. The largest absolute Gasteiger partial charge is 0.417 e. The molecule has 0 fully saturated rings. The number of halogens is 3. The maximum absolute atomic E-state index is 12.7. The second-order valence-corrected chi connectivity index (χ2v) is 6.19. The van der Waals surface area contributed by atoms with Gasteiger partial charge in [-0.15, -0.1) is 0 Å². The lowest BCUT2D eigenvalue weighted by Gasteiger charge is -2.12. The van der Waals surface area contributed by atoms with Gasteiger partial charge in [0.1, 0.15) is 9.84 Å². The molecule has 1 aromatic carbocycles. The highest BCUT2D eigenvalue weighted by Gasteiger charge is 2.33. The first-order valence-electron chi connectivity index (χ1n) is 5.16. The molecule has 0 aliphatic carbocycles. The Morgan fingerprint density at radius 3 is 2.47 bits per heavy atom. The zero-order valence-electron chi connectivity index (χ0n) is 9.95. The van der Waals surface area contributed by atoms with E-state index in [-0.39, 0.29) is 18.0 Å². The Balaban J connectivity index is 2.91. The van der Waals surface area contributed by atoms with E-state index >= 15 is 0 Å². The molecule has 0 saturated carbocycles. The summed E-state index contributed by atoms with van der Waals surface area (Å²) in [5.41, 5.74) is -1.39. The van der Waals surface area contributed by atoms with Crippen molar-refractivity contribution < 1.29 is 21.6 Å². The number of nitrogens with zero attached hydrogens (tertiary/aromatic N) is 1. The lowest BCUT2D eigenvalue weighted by atomic mass is 10.1. The molecule has 104 valence electrons. The smallest absolute Gasteiger partial charge is 0.384 e. The summed E-state index contributed by atoms with van der Waals surface area (Å²) in [4.78, 5) is 0. The van der Waals surface area contributed by atoms with Gasteiger partial charge in [0.2, 0.25) is 0 Å². The molecule has 4 nitrogen and oxygen atoms in total. The fourth-order valence-electron chi connectivity index (χ4n) is 1.37. The molecule has 1 aromatic rings. The predicted octanol–water partition coefficient (Wildman–Crippen LogP) is 2.03. The summed E-state index contributed by atoms with van der Waals surface area (Å²) in [7, 11) is -3.18. The third-order valence-electron chi connectivity index (χ3n) is 2.25. The fourth-order valence-corrected chi connectivity index (χ4v) is 1.84. The molecule has 8 heteroatoms. The highest BCUT2D eigenvalue weighted by Crippen LogP contribution is 2.33. The van der Waals surface area contributed by atoms with Crippen molar-refractivity contribution in [2.75, 3.05) is 23.9 Å². The van der Waals surface area contributed by atoms with Gasteiger partial charge < -0.3 is 5.32 Å². The standard InChI is InChI=1S/C11H11F3N2O2S/c1-19(17,18)5-4-16-9-3-2-8(7-15)10(6-9)11(12,13)14/h2-3,6,16H,4-5H2,1H3. The van der Waals surface area contributed by atoms with Gasteiger partial charge in [0, 0.05) is 18.5 Å². The first-order valence-corrected chi connectivity index (χ1v) is 7.22. The van der Waals surface area contributed by atoms with Crippen LogP contribution in [0.4, 0.5) is 18.9 Å². The van der Waals surface area contributed by atoms with Gasteiger partial charge >= 0.3 is 6.18 Å². The number of rotatable bonds is 4. The molecule has 0 atom stereocenters. The number of alkyl halides is 3. The van der Waals surface area contributed by atoms with Crippen LogP contribution in [-0.4, -0.2) is 27.0 Å². The average Bonchev–Trinajstić information content (AvgIpc) is 2.26. The molecule has 0 amide bonds. The molecule has 0 bridgehead atoms. The van der Waals surface area contributed by atoms with E-state index in [1.807, 2.05) is 0 Å². The highest BCUT2D eigenvalue weighted by molar-refractivity contribution is 7.90. The number of anilines is 1. The van der Waals surface area contributed by atoms with Crippen LogP contribution >= 0.6 is 0 Å². The van der Waals surface area contributed by atoms with Crippen molar-refractivity contribution >= 4 is 15.5 Å². The van der Waals surface area contributed by atoms with Crippen LogP contribution in [0.2, 0.25) is 0 Å². The lowest BCUT2D eigenvalue weighted by Crippen LogP contribution is -2.15. The summed E-state index contributed by atoms with van der Waals surface area (Å²) < 4.78 is 59.7. The van der Waals surface area contributed by atoms with E-state index in [9.17, 15) is 21.6 Å².